The van der Waals surface area contributed by atoms with E-state index in [1.54, 1.807) is 18.5 Å². The summed E-state index contributed by atoms with van der Waals surface area (Å²) in [6.07, 6.45) is 7.87. The molecule has 8 heteroatoms. The summed E-state index contributed by atoms with van der Waals surface area (Å²) in [6, 6.07) is 0. The van der Waals surface area contributed by atoms with Crippen molar-refractivity contribution in [3.63, 3.8) is 0 Å². The number of primary amides is 1. The van der Waals surface area contributed by atoms with Crippen molar-refractivity contribution in [2.45, 2.75) is 19.8 Å². The third kappa shape index (κ3) is 3.78. The van der Waals surface area contributed by atoms with Crippen LogP contribution in [0.3, 0.4) is 0 Å². The zero-order valence-corrected chi connectivity index (χ0v) is 14.2. The van der Waals surface area contributed by atoms with Gasteiger partial charge in [0, 0.05) is 50.4 Å². The third-order valence-corrected chi connectivity index (χ3v) is 4.24. The molecule has 0 atom stereocenters. The molecule has 3 N–H and O–H groups in total. The lowest BCUT2D eigenvalue weighted by Crippen LogP contribution is -2.49. The second kappa shape index (κ2) is 7.33. The van der Waals surface area contributed by atoms with E-state index < -0.39 is 5.91 Å². The van der Waals surface area contributed by atoms with Crippen LogP contribution in [0.25, 0.3) is 17.2 Å². The number of amides is 2. The molecule has 0 radical (unpaired) electrons. The first kappa shape index (κ1) is 16.9. The van der Waals surface area contributed by atoms with Crippen LogP contribution in [-0.2, 0) is 9.59 Å². The van der Waals surface area contributed by atoms with Gasteiger partial charge in [0.25, 0.3) is 0 Å². The van der Waals surface area contributed by atoms with Crippen molar-refractivity contribution < 1.29 is 9.59 Å². The minimum Gasteiger partial charge on any atom is -0.366 e. The monoisotopic (exact) mass is 342 g/mol. The first-order valence-electron chi connectivity index (χ1n) is 8.43. The van der Waals surface area contributed by atoms with E-state index in [-0.39, 0.29) is 5.91 Å². The molecule has 0 saturated carbocycles. The number of carbonyl (C=O) groups is 2. The number of carbonyl (C=O) groups excluding carboxylic acids is 2. The molecular formula is C17H22N6O2. The fraction of sp³-hybridized carbons (Fsp3) is 0.412. The van der Waals surface area contributed by atoms with Crippen LogP contribution in [0.1, 0.15) is 25.3 Å². The van der Waals surface area contributed by atoms with Crippen LogP contribution in [0.15, 0.2) is 18.5 Å². The topological polar surface area (TPSA) is 108 Å². The maximum atomic E-state index is 12.0. The number of fused-ring (bicyclic) bond motifs is 1. The van der Waals surface area contributed by atoms with Crippen LogP contribution < -0.4 is 10.6 Å². The maximum absolute atomic E-state index is 12.0. The van der Waals surface area contributed by atoms with E-state index in [2.05, 4.69) is 19.9 Å². The smallest absolute Gasteiger partial charge is 0.241 e. The standard InChI is InChI=1S/C17H22N6O2/c1-2-3-15(25)23-8-6-22(7-9-23)14-11-20-17-16(21-14)12(10-19-17)4-5-13(18)24/h4-5,10-11H,2-3,6-9H2,1H3,(H2,18,24)(H,19,20)/b5-4+. The van der Waals surface area contributed by atoms with Crippen molar-refractivity contribution in [1.82, 2.24) is 19.9 Å². The molecule has 0 spiro atoms. The summed E-state index contributed by atoms with van der Waals surface area (Å²) in [7, 11) is 0. The number of nitrogens with zero attached hydrogens (tertiary/aromatic N) is 4. The first-order chi connectivity index (χ1) is 12.1. The first-order valence-corrected chi connectivity index (χ1v) is 8.43. The van der Waals surface area contributed by atoms with Crippen LogP contribution in [-0.4, -0.2) is 57.8 Å². The largest absolute Gasteiger partial charge is 0.366 e. The molecule has 132 valence electrons. The molecule has 2 aromatic heterocycles. The highest BCUT2D eigenvalue weighted by molar-refractivity contribution is 5.93. The van der Waals surface area contributed by atoms with Crippen molar-refractivity contribution in [2.24, 2.45) is 5.73 Å². The zero-order chi connectivity index (χ0) is 17.8. The molecule has 25 heavy (non-hydrogen) atoms. The summed E-state index contributed by atoms with van der Waals surface area (Å²) in [5.41, 5.74) is 7.26. The summed E-state index contributed by atoms with van der Waals surface area (Å²) in [5.74, 6) is 0.475. The fourth-order valence-electron chi connectivity index (χ4n) is 2.91. The molecule has 3 rings (SSSR count). The number of aromatic amines is 1. The SMILES string of the molecule is CCCC(=O)N1CCN(c2cnc3[nH]cc(/C=C/C(N)=O)c3n2)CC1. The van der Waals surface area contributed by atoms with Gasteiger partial charge in [-0.1, -0.05) is 6.92 Å². The molecular weight excluding hydrogens is 320 g/mol. The quantitative estimate of drug-likeness (QED) is 0.785. The molecule has 0 bridgehead atoms. The van der Waals surface area contributed by atoms with Gasteiger partial charge in [-0.15, -0.1) is 0 Å². The molecule has 1 aliphatic rings. The lowest BCUT2D eigenvalue weighted by molar-refractivity contribution is -0.131. The number of piperazine rings is 1. The predicted octanol–water partition coefficient (Wildman–Crippen LogP) is 0.905. The van der Waals surface area contributed by atoms with E-state index in [0.29, 0.717) is 30.7 Å². The summed E-state index contributed by atoms with van der Waals surface area (Å²) in [5, 5.41) is 0. The van der Waals surface area contributed by atoms with E-state index in [1.165, 1.54) is 6.08 Å². The second-order valence-corrected chi connectivity index (χ2v) is 6.02. The van der Waals surface area contributed by atoms with Gasteiger partial charge in [-0.05, 0) is 12.5 Å². The zero-order valence-electron chi connectivity index (χ0n) is 14.2. The van der Waals surface area contributed by atoms with E-state index >= 15 is 0 Å². The van der Waals surface area contributed by atoms with Crippen LogP contribution >= 0.6 is 0 Å². The molecule has 2 aromatic rings. The van der Waals surface area contributed by atoms with Gasteiger partial charge in [0.15, 0.2) is 5.65 Å². The number of hydrogen-bond donors (Lipinski definition) is 2. The maximum Gasteiger partial charge on any atom is 0.241 e. The van der Waals surface area contributed by atoms with Crippen molar-refractivity contribution in [3.05, 3.63) is 24.0 Å². The predicted molar refractivity (Wildman–Crippen MR) is 95.8 cm³/mol. The normalized spacial score (nSPS) is 15.2. The highest BCUT2D eigenvalue weighted by Crippen LogP contribution is 2.20. The van der Waals surface area contributed by atoms with Gasteiger partial charge in [-0.25, -0.2) is 9.97 Å². The van der Waals surface area contributed by atoms with E-state index in [4.69, 9.17) is 5.73 Å². The average molecular weight is 342 g/mol. The summed E-state index contributed by atoms with van der Waals surface area (Å²) in [6.45, 7) is 4.86. The Labute approximate surface area is 145 Å². The Kier molecular flexibility index (Phi) is 4.97. The van der Waals surface area contributed by atoms with E-state index in [9.17, 15) is 9.59 Å². The Balaban J connectivity index is 1.75. The highest BCUT2D eigenvalue weighted by Gasteiger charge is 2.22. The number of aromatic nitrogens is 3. The van der Waals surface area contributed by atoms with Gasteiger partial charge in [0.05, 0.1) is 6.20 Å². The van der Waals surface area contributed by atoms with Crippen LogP contribution in [0.5, 0.6) is 0 Å². The molecule has 0 aliphatic carbocycles. The van der Waals surface area contributed by atoms with E-state index in [0.717, 1.165) is 30.9 Å². The molecule has 0 aromatic carbocycles. The van der Waals surface area contributed by atoms with Crippen LogP contribution in [0, 0.1) is 0 Å². The highest BCUT2D eigenvalue weighted by atomic mass is 16.2. The third-order valence-electron chi connectivity index (χ3n) is 4.24. The number of nitrogens with one attached hydrogen (secondary N) is 1. The minimum atomic E-state index is -0.508. The van der Waals surface area contributed by atoms with Gasteiger partial charge in [0.1, 0.15) is 11.3 Å². The number of anilines is 1. The molecule has 2 amide bonds. The Morgan fingerprint density at radius 3 is 2.76 bits per heavy atom. The average Bonchev–Trinajstić information content (AvgIpc) is 3.02. The molecule has 8 nitrogen and oxygen atoms in total. The van der Waals surface area contributed by atoms with Crippen LogP contribution in [0.4, 0.5) is 5.82 Å². The molecule has 1 aliphatic heterocycles. The van der Waals surface area contributed by atoms with Gasteiger partial charge < -0.3 is 20.5 Å². The Bertz CT molecular complexity index is 805. The van der Waals surface area contributed by atoms with Crippen molar-refractivity contribution >= 4 is 34.9 Å². The van der Waals surface area contributed by atoms with Crippen molar-refractivity contribution in [1.29, 1.82) is 0 Å². The van der Waals surface area contributed by atoms with Crippen molar-refractivity contribution in [3.8, 4) is 0 Å². The summed E-state index contributed by atoms with van der Waals surface area (Å²) >= 11 is 0. The van der Waals surface area contributed by atoms with E-state index in [1.807, 2.05) is 11.8 Å². The molecule has 3 heterocycles. The minimum absolute atomic E-state index is 0.216. The van der Waals surface area contributed by atoms with Gasteiger partial charge in [0.2, 0.25) is 11.8 Å². The fourth-order valence-corrected chi connectivity index (χ4v) is 2.91. The van der Waals surface area contributed by atoms with Gasteiger partial charge >= 0.3 is 0 Å². The second-order valence-electron chi connectivity index (χ2n) is 6.02. The van der Waals surface area contributed by atoms with Crippen LogP contribution in [0.2, 0.25) is 0 Å². The number of nitrogens with two attached hydrogens (primary N) is 1. The lowest BCUT2D eigenvalue weighted by Gasteiger charge is -2.35. The number of rotatable bonds is 5. The summed E-state index contributed by atoms with van der Waals surface area (Å²) in [4.78, 5) is 39.0. The molecule has 1 saturated heterocycles. The van der Waals surface area contributed by atoms with Gasteiger partial charge in [-0.2, -0.15) is 0 Å². The number of H-pyrrole nitrogens is 1. The number of hydrogen-bond acceptors (Lipinski definition) is 5. The Morgan fingerprint density at radius 1 is 1.32 bits per heavy atom. The van der Waals surface area contributed by atoms with Crippen molar-refractivity contribution in [2.75, 3.05) is 31.1 Å². The summed E-state index contributed by atoms with van der Waals surface area (Å²) < 4.78 is 0. The Hall–Kier alpha value is -2.90. The molecule has 0 unspecified atom stereocenters. The Morgan fingerprint density at radius 2 is 2.08 bits per heavy atom. The lowest BCUT2D eigenvalue weighted by atomic mass is 10.2. The molecule has 1 fully saturated rings. The van der Waals surface area contributed by atoms with Gasteiger partial charge in [-0.3, -0.25) is 9.59 Å².